The number of aliphatic imine (C=N–C) groups is 1. The van der Waals surface area contributed by atoms with E-state index in [2.05, 4.69) is 52.1 Å². The van der Waals surface area contributed by atoms with Crippen molar-refractivity contribution >= 4 is 6.21 Å². The van der Waals surface area contributed by atoms with Crippen LogP contribution in [0.4, 0.5) is 0 Å². The highest BCUT2D eigenvalue weighted by atomic mass is 16.5. The van der Waals surface area contributed by atoms with Crippen LogP contribution in [0.5, 0.6) is 5.75 Å². The Morgan fingerprint density at radius 3 is 2.31 bits per heavy atom. The lowest BCUT2D eigenvalue weighted by molar-refractivity contribution is 0.215. The summed E-state index contributed by atoms with van der Waals surface area (Å²) < 4.78 is 6.38. The molecule has 26 heavy (non-hydrogen) atoms. The van der Waals surface area contributed by atoms with Gasteiger partial charge >= 0.3 is 0 Å². The first kappa shape index (κ1) is 19.5. The molecule has 0 radical (unpaired) electrons. The topological polar surface area (TPSA) is 21.6 Å². The lowest BCUT2D eigenvalue weighted by Crippen LogP contribution is -2.24. The quantitative estimate of drug-likeness (QED) is 0.534. The molecule has 3 rings (SSSR count). The summed E-state index contributed by atoms with van der Waals surface area (Å²) in [7, 11) is 0. The molecule has 0 amide bonds. The van der Waals surface area contributed by atoms with E-state index in [1.54, 1.807) is 0 Å². The second-order valence-electron chi connectivity index (χ2n) is 8.91. The van der Waals surface area contributed by atoms with Gasteiger partial charge in [0, 0.05) is 17.8 Å². The van der Waals surface area contributed by atoms with Gasteiger partial charge in [0.15, 0.2) is 0 Å². The minimum atomic E-state index is 0.187. The van der Waals surface area contributed by atoms with Gasteiger partial charge in [-0.25, -0.2) is 0 Å². The van der Waals surface area contributed by atoms with Crippen LogP contribution in [-0.2, 0) is 0 Å². The minimum Gasteiger partial charge on any atom is -0.490 e. The molecule has 0 saturated heterocycles. The van der Waals surface area contributed by atoms with Gasteiger partial charge in [0.05, 0.1) is 6.10 Å². The largest absolute Gasteiger partial charge is 0.490 e. The van der Waals surface area contributed by atoms with Crippen LogP contribution in [0.3, 0.4) is 0 Å². The summed E-state index contributed by atoms with van der Waals surface area (Å²) in [5, 5.41) is 0. The number of ether oxygens (including phenoxy) is 1. The van der Waals surface area contributed by atoms with E-state index in [0.717, 1.165) is 17.6 Å². The summed E-state index contributed by atoms with van der Waals surface area (Å²) in [6.45, 7) is 9.10. The van der Waals surface area contributed by atoms with Crippen LogP contribution < -0.4 is 4.74 Å². The Balaban J connectivity index is 1.92. The highest BCUT2D eigenvalue weighted by molar-refractivity contribution is 5.84. The summed E-state index contributed by atoms with van der Waals surface area (Å²) in [6, 6.07) is 7.20. The van der Waals surface area contributed by atoms with E-state index < -0.39 is 0 Å². The Kier molecular flexibility index (Phi) is 6.78. The van der Waals surface area contributed by atoms with Crippen LogP contribution >= 0.6 is 0 Å². The molecule has 1 aromatic rings. The lowest BCUT2D eigenvalue weighted by atomic mass is 9.70. The smallest absolute Gasteiger partial charge is 0.131 e. The first-order valence-electron chi connectivity index (χ1n) is 10.9. The molecule has 2 aliphatic carbocycles. The SMILES string of the molecule is CC(C)Oc1c(C=NC2CCCCC2)cccc1C1C(C)CCCC1C. The Morgan fingerprint density at radius 2 is 1.65 bits per heavy atom. The molecule has 144 valence electrons. The van der Waals surface area contributed by atoms with Gasteiger partial charge in [-0.15, -0.1) is 0 Å². The summed E-state index contributed by atoms with van der Waals surface area (Å²) >= 11 is 0. The molecule has 2 atom stereocenters. The van der Waals surface area contributed by atoms with Crippen molar-refractivity contribution in [3.05, 3.63) is 29.3 Å². The van der Waals surface area contributed by atoms with E-state index in [9.17, 15) is 0 Å². The van der Waals surface area contributed by atoms with Gasteiger partial charge in [0.1, 0.15) is 5.75 Å². The molecular formula is C24H37NO. The molecule has 2 aliphatic rings. The van der Waals surface area contributed by atoms with Crippen molar-refractivity contribution in [3.63, 3.8) is 0 Å². The fourth-order valence-corrected chi connectivity index (χ4v) is 5.02. The summed E-state index contributed by atoms with van der Waals surface area (Å²) in [6.07, 6.45) is 12.8. The molecule has 2 fully saturated rings. The standard InChI is InChI=1S/C24H37NO/c1-17(2)26-24-20(16-25-21-13-6-5-7-14-21)12-9-15-22(24)23-18(3)10-8-11-19(23)4/h9,12,15-19,21,23H,5-8,10-11,13-14H2,1-4H3. The van der Waals surface area contributed by atoms with E-state index in [-0.39, 0.29) is 6.10 Å². The minimum absolute atomic E-state index is 0.187. The van der Waals surface area contributed by atoms with E-state index in [0.29, 0.717) is 12.0 Å². The maximum absolute atomic E-state index is 6.38. The second kappa shape index (κ2) is 9.06. The molecule has 1 aromatic carbocycles. The van der Waals surface area contributed by atoms with Crippen molar-refractivity contribution in [2.75, 3.05) is 0 Å². The maximum atomic E-state index is 6.38. The van der Waals surface area contributed by atoms with E-state index in [1.807, 2.05) is 0 Å². The first-order valence-corrected chi connectivity index (χ1v) is 10.9. The Bertz CT molecular complexity index is 590. The van der Waals surface area contributed by atoms with Gasteiger partial charge in [-0.1, -0.05) is 64.5 Å². The van der Waals surface area contributed by atoms with Crippen LogP contribution in [-0.4, -0.2) is 18.4 Å². The Labute approximate surface area is 160 Å². The predicted molar refractivity (Wildman–Crippen MR) is 112 cm³/mol. The number of para-hydroxylation sites is 1. The fourth-order valence-electron chi connectivity index (χ4n) is 5.02. The third-order valence-electron chi connectivity index (χ3n) is 6.33. The Morgan fingerprint density at radius 1 is 0.962 bits per heavy atom. The Hall–Kier alpha value is -1.31. The average molecular weight is 356 g/mol. The fraction of sp³-hybridized carbons (Fsp3) is 0.708. The lowest BCUT2D eigenvalue weighted by Gasteiger charge is -2.36. The third kappa shape index (κ3) is 4.69. The van der Waals surface area contributed by atoms with Crippen LogP contribution in [0.1, 0.15) is 96.1 Å². The number of hydrogen-bond acceptors (Lipinski definition) is 2. The molecule has 0 spiro atoms. The van der Waals surface area contributed by atoms with Gasteiger partial charge in [0.2, 0.25) is 0 Å². The monoisotopic (exact) mass is 355 g/mol. The summed E-state index contributed by atoms with van der Waals surface area (Å²) in [4.78, 5) is 4.94. The van der Waals surface area contributed by atoms with Crippen molar-refractivity contribution in [2.24, 2.45) is 16.8 Å². The van der Waals surface area contributed by atoms with Crippen molar-refractivity contribution in [1.29, 1.82) is 0 Å². The zero-order chi connectivity index (χ0) is 18.5. The maximum Gasteiger partial charge on any atom is 0.131 e. The van der Waals surface area contributed by atoms with Crippen molar-refractivity contribution < 1.29 is 4.74 Å². The van der Waals surface area contributed by atoms with E-state index in [4.69, 9.17) is 9.73 Å². The van der Waals surface area contributed by atoms with Crippen molar-refractivity contribution in [1.82, 2.24) is 0 Å². The molecule has 2 saturated carbocycles. The second-order valence-corrected chi connectivity index (χ2v) is 8.91. The molecule has 0 aromatic heterocycles. The highest BCUT2D eigenvalue weighted by Gasteiger charge is 2.32. The van der Waals surface area contributed by atoms with Crippen molar-refractivity contribution in [2.45, 2.75) is 97.1 Å². The number of rotatable bonds is 5. The van der Waals surface area contributed by atoms with Gasteiger partial charge in [-0.2, -0.15) is 0 Å². The number of benzene rings is 1. The molecule has 2 heteroatoms. The van der Waals surface area contributed by atoms with Gasteiger partial charge < -0.3 is 4.74 Å². The van der Waals surface area contributed by atoms with E-state index in [1.165, 1.54) is 62.5 Å². The molecule has 0 N–H and O–H groups in total. The van der Waals surface area contributed by atoms with Crippen LogP contribution in [0.15, 0.2) is 23.2 Å². The average Bonchev–Trinajstić information content (AvgIpc) is 2.62. The number of nitrogens with zero attached hydrogens (tertiary/aromatic N) is 1. The molecule has 0 heterocycles. The summed E-state index contributed by atoms with van der Waals surface area (Å²) in [5.41, 5.74) is 2.58. The van der Waals surface area contributed by atoms with Crippen LogP contribution in [0.25, 0.3) is 0 Å². The normalized spacial score (nSPS) is 28.0. The predicted octanol–water partition coefficient (Wildman–Crippen LogP) is 6.77. The molecule has 0 aliphatic heterocycles. The molecule has 2 nitrogen and oxygen atoms in total. The molecular weight excluding hydrogens is 318 g/mol. The van der Waals surface area contributed by atoms with Gasteiger partial charge in [-0.3, -0.25) is 4.99 Å². The molecule has 2 unspecified atom stereocenters. The van der Waals surface area contributed by atoms with Gasteiger partial charge in [0.25, 0.3) is 0 Å². The highest BCUT2D eigenvalue weighted by Crippen LogP contribution is 2.45. The van der Waals surface area contributed by atoms with Gasteiger partial charge in [-0.05, 0) is 56.1 Å². The zero-order valence-corrected chi connectivity index (χ0v) is 17.2. The summed E-state index contributed by atoms with van der Waals surface area (Å²) in [5.74, 6) is 3.13. The van der Waals surface area contributed by atoms with Crippen LogP contribution in [0.2, 0.25) is 0 Å². The number of hydrogen-bond donors (Lipinski definition) is 0. The van der Waals surface area contributed by atoms with Crippen LogP contribution in [0, 0.1) is 11.8 Å². The van der Waals surface area contributed by atoms with E-state index >= 15 is 0 Å². The zero-order valence-electron chi connectivity index (χ0n) is 17.2. The van der Waals surface area contributed by atoms with Crippen molar-refractivity contribution in [3.8, 4) is 5.75 Å². The first-order chi connectivity index (χ1) is 12.6. The molecule has 0 bridgehead atoms. The third-order valence-corrected chi connectivity index (χ3v) is 6.33.